The molecule has 0 fully saturated rings. The largest absolute Gasteiger partial charge is 0.368 e. The monoisotopic (exact) mass is 232 g/mol. The molecule has 2 N–H and O–H groups in total. The van der Waals surface area contributed by atoms with Gasteiger partial charge in [-0.1, -0.05) is 12.1 Å². The predicted molar refractivity (Wildman–Crippen MR) is 66.0 cm³/mol. The molecule has 1 aliphatic heterocycles. The Kier molecular flexibility index (Phi) is 3.13. The fourth-order valence-electron chi connectivity index (χ4n) is 2.18. The number of rotatable bonds is 2. The third-order valence-corrected chi connectivity index (χ3v) is 3.20. The highest BCUT2D eigenvalue weighted by Crippen LogP contribution is 2.27. The highest BCUT2D eigenvalue weighted by atomic mass is 16.1. The van der Waals surface area contributed by atoms with Crippen molar-refractivity contribution < 1.29 is 9.59 Å². The molecule has 4 nitrogen and oxygen atoms in total. The lowest BCUT2D eigenvalue weighted by Crippen LogP contribution is -2.43. The summed E-state index contributed by atoms with van der Waals surface area (Å²) in [5.74, 6) is -0.228. The molecule has 0 bridgehead atoms. The highest BCUT2D eigenvalue weighted by Gasteiger charge is 2.25. The number of hydrogen-bond acceptors (Lipinski definition) is 3. The number of carbonyl (C=O) groups is 2. The first-order chi connectivity index (χ1) is 8.11. The molecule has 1 amide bonds. The van der Waals surface area contributed by atoms with Crippen molar-refractivity contribution in [2.45, 2.75) is 25.8 Å². The summed E-state index contributed by atoms with van der Waals surface area (Å²) >= 11 is 0. The highest BCUT2D eigenvalue weighted by molar-refractivity contribution is 6.02. The second-order valence-corrected chi connectivity index (χ2v) is 4.32. The molecule has 0 aliphatic carbocycles. The van der Waals surface area contributed by atoms with Crippen LogP contribution < -0.4 is 10.6 Å². The molecule has 1 aromatic rings. The van der Waals surface area contributed by atoms with E-state index in [0.717, 1.165) is 12.1 Å². The number of nitrogens with two attached hydrogens (primary N) is 1. The zero-order chi connectivity index (χ0) is 12.4. The van der Waals surface area contributed by atoms with E-state index in [0.29, 0.717) is 18.5 Å². The van der Waals surface area contributed by atoms with Crippen molar-refractivity contribution in [3.05, 3.63) is 29.8 Å². The lowest BCUT2D eigenvalue weighted by atomic mass is 10.1. The molecule has 2 rings (SSSR count). The number of anilines is 1. The summed E-state index contributed by atoms with van der Waals surface area (Å²) in [6, 6.07) is 7.01. The number of primary amides is 1. The predicted octanol–water partition coefficient (Wildman–Crippen LogP) is 1.34. The Bertz CT molecular complexity index is 456. The maximum absolute atomic E-state index is 11.9. The van der Waals surface area contributed by atoms with Gasteiger partial charge in [0.15, 0.2) is 5.78 Å². The van der Waals surface area contributed by atoms with Crippen molar-refractivity contribution >= 4 is 17.4 Å². The third-order valence-electron chi connectivity index (χ3n) is 3.20. The Morgan fingerprint density at radius 3 is 2.82 bits per heavy atom. The normalized spacial score (nSPS) is 17.2. The van der Waals surface area contributed by atoms with E-state index in [2.05, 4.69) is 0 Å². The lowest BCUT2D eigenvalue weighted by molar-refractivity contribution is -0.118. The van der Waals surface area contributed by atoms with Crippen molar-refractivity contribution in [2.24, 2.45) is 5.73 Å². The van der Waals surface area contributed by atoms with Crippen LogP contribution in [-0.4, -0.2) is 24.3 Å². The first-order valence-corrected chi connectivity index (χ1v) is 5.79. The Morgan fingerprint density at radius 2 is 2.12 bits per heavy atom. The molecule has 0 spiro atoms. The molecular weight excluding hydrogens is 216 g/mol. The number of Topliss-reactive ketones (excluding diaryl/α,β-unsaturated/α-hetero) is 1. The van der Waals surface area contributed by atoms with Crippen molar-refractivity contribution in [3.63, 3.8) is 0 Å². The Morgan fingerprint density at radius 1 is 1.41 bits per heavy atom. The molecule has 1 atom stereocenters. The number of amides is 1. The van der Waals surface area contributed by atoms with Gasteiger partial charge in [-0.3, -0.25) is 9.59 Å². The third kappa shape index (κ3) is 2.16. The van der Waals surface area contributed by atoms with Gasteiger partial charge in [-0.2, -0.15) is 0 Å². The Labute approximate surface area is 100 Å². The minimum atomic E-state index is -0.387. The van der Waals surface area contributed by atoms with Crippen LogP contribution in [0, 0.1) is 0 Å². The molecule has 4 heteroatoms. The number of fused-ring (bicyclic) bond motifs is 1. The average molecular weight is 232 g/mol. The number of ketones is 1. The van der Waals surface area contributed by atoms with Crippen LogP contribution in [0.15, 0.2) is 24.3 Å². The number of para-hydroxylation sites is 1. The van der Waals surface area contributed by atoms with Crippen molar-refractivity contribution in [2.75, 3.05) is 11.4 Å². The van der Waals surface area contributed by atoms with E-state index >= 15 is 0 Å². The van der Waals surface area contributed by atoms with E-state index in [-0.39, 0.29) is 17.7 Å². The lowest BCUT2D eigenvalue weighted by Gasteiger charge is -2.28. The zero-order valence-corrected chi connectivity index (χ0v) is 9.85. The molecule has 1 heterocycles. The van der Waals surface area contributed by atoms with Gasteiger partial charge in [-0.25, -0.2) is 0 Å². The second-order valence-electron chi connectivity index (χ2n) is 4.32. The summed E-state index contributed by atoms with van der Waals surface area (Å²) in [7, 11) is 0. The second kappa shape index (κ2) is 4.57. The molecule has 1 aromatic carbocycles. The summed E-state index contributed by atoms with van der Waals surface area (Å²) in [5, 5.41) is 0. The maximum atomic E-state index is 11.9. The van der Waals surface area contributed by atoms with Crippen molar-refractivity contribution in [1.82, 2.24) is 0 Å². The summed E-state index contributed by atoms with van der Waals surface area (Å²) < 4.78 is 0. The molecule has 17 heavy (non-hydrogen) atoms. The minimum Gasteiger partial charge on any atom is -0.368 e. The standard InChI is InChI=1S/C13H16N2O2/c1-9(13(14)17)15-8-4-7-12(16)10-5-2-3-6-11(10)15/h2-3,5-6,9H,4,7-8H2,1H3,(H2,14,17). The first-order valence-electron chi connectivity index (χ1n) is 5.79. The summed E-state index contributed by atoms with van der Waals surface area (Å²) in [4.78, 5) is 25.1. The number of benzene rings is 1. The number of hydrogen-bond donors (Lipinski definition) is 1. The molecule has 0 radical (unpaired) electrons. The van der Waals surface area contributed by atoms with Crippen molar-refractivity contribution in [3.8, 4) is 0 Å². The van der Waals surface area contributed by atoms with Gasteiger partial charge in [-0.05, 0) is 25.5 Å². The van der Waals surface area contributed by atoms with Crippen LogP contribution in [-0.2, 0) is 4.79 Å². The van der Waals surface area contributed by atoms with Gasteiger partial charge in [0, 0.05) is 24.2 Å². The Balaban J connectivity index is 2.45. The zero-order valence-electron chi connectivity index (χ0n) is 9.85. The number of nitrogens with zero attached hydrogens (tertiary/aromatic N) is 1. The molecule has 0 saturated heterocycles. The van der Waals surface area contributed by atoms with Gasteiger partial charge >= 0.3 is 0 Å². The van der Waals surface area contributed by atoms with E-state index in [1.807, 2.05) is 29.2 Å². The van der Waals surface area contributed by atoms with Crippen LogP contribution in [0.1, 0.15) is 30.1 Å². The van der Waals surface area contributed by atoms with E-state index in [4.69, 9.17) is 5.73 Å². The van der Waals surface area contributed by atoms with Crippen LogP contribution in [0.2, 0.25) is 0 Å². The van der Waals surface area contributed by atoms with E-state index in [1.54, 1.807) is 6.92 Å². The number of carbonyl (C=O) groups excluding carboxylic acids is 2. The van der Waals surface area contributed by atoms with Crippen LogP contribution in [0.25, 0.3) is 0 Å². The van der Waals surface area contributed by atoms with E-state index in [1.165, 1.54) is 0 Å². The molecule has 90 valence electrons. The smallest absolute Gasteiger partial charge is 0.239 e. The SMILES string of the molecule is CC(C(N)=O)N1CCCC(=O)c2ccccc21. The van der Waals surface area contributed by atoms with Gasteiger partial charge in [0.05, 0.1) is 0 Å². The van der Waals surface area contributed by atoms with Crippen molar-refractivity contribution in [1.29, 1.82) is 0 Å². The topological polar surface area (TPSA) is 63.4 Å². The van der Waals surface area contributed by atoms with Gasteiger partial charge in [0.1, 0.15) is 6.04 Å². The molecule has 1 unspecified atom stereocenters. The average Bonchev–Trinajstić information content (AvgIpc) is 2.49. The van der Waals surface area contributed by atoms with Gasteiger partial charge in [-0.15, -0.1) is 0 Å². The summed E-state index contributed by atoms with van der Waals surface area (Å²) in [5.41, 5.74) is 6.86. The van der Waals surface area contributed by atoms with Gasteiger partial charge in [0.25, 0.3) is 0 Å². The molecule has 0 saturated carbocycles. The van der Waals surface area contributed by atoms with Crippen LogP contribution in [0.3, 0.4) is 0 Å². The van der Waals surface area contributed by atoms with Crippen LogP contribution in [0.4, 0.5) is 5.69 Å². The molecule has 1 aliphatic rings. The van der Waals surface area contributed by atoms with Crippen LogP contribution >= 0.6 is 0 Å². The summed E-state index contributed by atoms with van der Waals surface area (Å²) in [6.45, 7) is 2.46. The Hall–Kier alpha value is -1.84. The quantitative estimate of drug-likeness (QED) is 0.837. The minimum absolute atomic E-state index is 0.139. The van der Waals surface area contributed by atoms with Crippen LogP contribution in [0.5, 0.6) is 0 Å². The summed E-state index contributed by atoms with van der Waals surface area (Å²) in [6.07, 6.45) is 1.28. The molecule has 0 aromatic heterocycles. The van der Waals surface area contributed by atoms with Gasteiger partial charge in [0.2, 0.25) is 5.91 Å². The fraction of sp³-hybridized carbons (Fsp3) is 0.385. The molecular formula is C13H16N2O2. The van der Waals surface area contributed by atoms with Gasteiger partial charge < -0.3 is 10.6 Å². The van der Waals surface area contributed by atoms with E-state index in [9.17, 15) is 9.59 Å². The first kappa shape index (κ1) is 11.6. The fourth-order valence-corrected chi connectivity index (χ4v) is 2.18. The van der Waals surface area contributed by atoms with E-state index < -0.39 is 0 Å². The maximum Gasteiger partial charge on any atom is 0.239 e.